The van der Waals surface area contributed by atoms with Gasteiger partial charge in [0.2, 0.25) is 5.91 Å². The molecule has 1 amide bonds. The smallest absolute Gasteiger partial charge is 0.227 e. The number of amides is 1. The predicted molar refractivity (Wildman–Crippen MR) is 65.1 cm³/mol. The minimum Gasteiger partial charge on any atom is -0.326 e. The molecule has 0 saturated carbocycles. The lowest BCUT2D eigenvalue weighted by Crippen LogP contribution is -2.26. The van der Waals surface area contributed by atoms with Crippen LogP contribution in [0.4, 0.5) is 5.69 Å². The van der Waals surface area contributed by atoms with Gasteiger partial charge in [0.05, 0.1) is 0 Å². The Balaban J connectivity index is 1.91. The van der Waals surface area contributed by atoms with Gasteiger partial charge in [-0.05, 0) is 36.5 Å². The maximum atomic E-state index is 11.8. The van der Waals surface area contributed by atoms with Gasteiger partial charge in [-0.2, -0.15) is 11.8 Å². The quantitative estimate of drug-likeness (QED) is 0.832. The lowest BCUT2D eigenvalue weighted by atomic mass is 10.0. The lowest BCUT2D eigenvalue weighted by Gasteiger charge is -2.20. The van der Waals surface area contributed by atoms with Crippen LogP contribution in [0.2, 0.25) is 0 Å². The monoisotopic (exact) mass is 221 g/mol. The highest BCUT2D eigenvalue weighted by Gasteiger charge is 2.20. The first kappa shape index (κ1) is 10.6. The van der Waals surface area contributed by atoms with Crippen LogP contribution in [0.3, 0.4) is 0 Å². The Morgan fingerprint density at radius 3 is 2.53 bits per heavy atom. The van der Waals surface area contributed by atoms with Gasteiger partial charge in [-0.15, -0.1) is 0 Å². The minimum atomic E-state index is 0.182. The second kappa shape index (κ2) is 5.21. The number of thioether (sulfide) groups is 1. The van der Waals surface area contributed by atoms with Crippen molar-refractivity contribution in [2.24, 2.45) is 5.92 Å². The molecule has 0 spiro atoms. The number of hydrogen-bond donors (Lipinski definition) is 1. The van der Waals surface area contributed by atoms with Gasteiger partial charge < -0.3 is 5.32 Å². The molecule has 0 atom stereocenters. The Hall–Kier alpha value is -0.960. The molecule has 2 rings (SSSR count). The fourth-order valence-corrected chi connectivity index (χ4v) is 2.83. The fourth-order valence-electron chi connectivity index (χ4n) is 1.73. The van der Waals surface area contributed by atoms with Crippen LogP contribution in [-0.4, -0.2) is 17.4 Å². The molecular formula is C12H15NOS. The molecule has 0 radical (unpaired) electrons. The highest BCUT2D eigenvalue weighted by molar-refractivity contribution is 7.99. The maximum absolute atomic E-state index is 11.8. The Bertz CT molecular complexity index is 320. The summed E-state index contributed by atoms with van der Waals surface area (Å²) >= 11 is 1.94. The van der Waals surface area contributed by atoms with Crippen molar-refractivity contribution in [3.8, 4) is 0 Å². The molecule has 1 heterocycles. The van der Waals surface area contributed by atoms with Gasteiger partial charge in [0.1, 0.15) is 0 Å². The van der Waals surface area contributed by atoms with E-state index in [1.54, 1.807) is 0 Å². The van der Waals surface area contributed by atoms with Crippen LogP contribution in [0.25, 0.3) is 0 Å². The number of para-hydroxylation sites is 1. The van der Waals surface area contributed by atoms with Crippen LogP contribution >= 0.6 is 11.8 Å². The summed E-state index contributed by atoms with van der Waals surface area (Å²) in [4.78, 5) is 11.8. The van der Waals surface area contributed by atoms with Gasteiger partial charge in [0.15, 0.2) is 0 Å². The van der Waals surface area contributed by atoms with Crippen LogP contribution in [0.15, 0.2) is 30.3 Å². The first-order chi connectivity index (χ1) is 7.36. The normalized spacial score (nSPS) is 17.3. The number of carbonyl (C=O) groups is 1. The summed E-state index contributed by atoms with van der Waals surface area (Å²) in [6.07, 6.45) is 2.03. The average molecular weight is 221 g/mol. The first-order valence-corrected chi connectivity index (χ1v) is 6.45. The molecule has 3 heteroatoms. The van der Waals surface area contributed by atoms with E-state index in [1.165, 1.54) is 0 Å². The van der Waals surface area contributed by atoms with Crippen LogP contribution in [0.5, 0.6) is 0 Å². The molecule has 0 aromatic heterocycles. The molecule has 1 fully saturated rings. The maximum Gasteiger partial charge on any atom is 0.227 e. The Morgan fingerprint density at radius 1 is 1.20 bits per heavy atom. The van der Waals surface area contributed by atoms with E-state index in [4.69, 9.17) is 0 Å². The molecule has 1 aliphatic heterocycles. The molecule has 0 aliphatic carbocycles. The zero-order valence-corrected chi connectivity index (χ0v) is 9.43. The second-order valence-corrected chi connectivity index (χ2v) is 4.97. The van der Waals surface area contributed by atoms with Crippen LogP contribution in [-0.2, 0) is 4.79 Å². The minimum absolute atomic E-state index is 0.182. The highest BCUT2D eigenvalue weighted by Crippen LogP contribution is 2.23. The van der Waals surface area contributed by atoms with E-state index in [2.05, 4.69) is 5.32 Å². The number of nitrogens with one attached hydrogen (secondary N) is 1. The predicted octanol–water partition coefficient (Wildman–Crippen LogP) is 2.77. The van der Waals surface area contributed by atoms with E-state index >= 15 is 0 Å². The standard InChI is InChI=1S/C12H15NOS/c14-12(10-6-8-15-9-7-10)13-11-4-2-1-3-5-11/h1-5,10H,6-9H2,(H,13,14). The molecule has 1 saturated heterocycles. The molecular weight excluding hydrogens is 206 g/mol. The third kappa shape index (κ3) is 2.99. The number of carbonyl (C=O) groups excluding carboxylic acids is 1. The lowest BCUT2D eigenvalue weighted by molar-refractivity contribution is -0.120. The van der Waals surface area contributed by atoms with Crippen molar-refractivity contribution in [1.82, 2.24) is 0 Å². The Morgan fingerprint density at radius 2 is 1.87 bits per heavy atom. The second-order valence-electron chi connectivity index (χ2n) is 3.74. The topological polar surface area (TPSA) is 29.1 Å². The van der Waals surface area contributed by atoms with Crippen molar-refractivity contribution < 1.29 is 4.79 Å². The average Bonchev–Trinajstić information content (AvgIpc) is 2.31. The van der Waals surface area contributed by atoms with Crippen molar-refractivity contribution >= 4 is 23.4 Å². The molecule has 1 N–H and O–H groups in total. The van der Waals surface area contributed by atoms with Crippen molar-refractivity contribution in [2.45, 2.75) is 12.8 Å². The number of rotatable bonds is 2. The summed E-state index contributed by atoms with van der Waals surface area (Å²) in [6.45, 7) is 0. The molecule has 0 unspecified atom stereocenters. The van der Waals surface area contributed by atoms with Crippen LogP contribution < -0.4 is 5.32 Å². The van der Waals surface area contributed by atoms with Gasteiger partial charge >= 0.3 is 0 Å². The number of hydrogen-bond acceptors (Lipinski definition) is 2. The van der Waals surface area contributed by atoms with Gasteiger partial charge in [-0.25, -0.2) is 0 Å². The van der Waals surface area contributed by atoms with Gasteiger partial charge in [0, 0.05) is 11.6 Å². The summed E-state index contributed by atoms with van der Waals surface area (Å²) in [5, 5.41) is 2.96. The Labute approximate surface area is 94.4 Å². The summed E-state index contributed by atoms with van der Waals surface area (Å²) in [5.74, 6) is 2.63. The first-order valence-electron chi connectivity index (χ1n) is 5.30. The van der Waals surface area contributed by atoms with E-state index in [-0.39, 0.29) is 11.8 Å². The summed E-state index contributed by atoms with van der Waals surface area (Å²) in [5.41, 5.74) is 0.903. The SMILES string of the molecule is O=C(Nc1ccccc1)C1CCSCC1. The zero-order chi connectivity index (χ0) is 10.5. The molecule has 1 aromatic carbocycles. The van der Waals surface area contributed by atoms with Crippen molar-refractivity contribution in [1.29, 1.82) is 0 Å². The molecule has 2 nitrogen and oxygen atoms in total. The summed E-state index contributed by atoms with van der Waals surface area (Å²) < 4.78 is 0. The van der Waals surface area contributed by atoms with Crippen molar-refractivity contribution in [3.63, 3.8) is 0 Å². The molecule has 1 aromatic rings. The van der Waals surface area contributed by atoms with E-state index in [1.807, 2.05) is 42.1 Å². The molecule has 80 valence electrons. The summed E-state index contributed by atoms with van der Waals surface area (Å²) in [7, 11) is 0. The molecule has 15 heavy (non-hydrogen) atoms. The fraction of sp³-hybridized carbons (Fsp3) is 0.417. The van der Waals surface area contributed by atoms with Gasteiger partial charge in [-0.3, -0.25) is 4.79 Å². The van der Waals surface area contributed by atoms with E-state index < -0.39 is 0 Å². The van der Waals surface area contributed by atoms with Crippen LogP contribution in [0, 0.1) is 5.92 Å². The van der Waals surface area contributed by atoms with E-state index in [0.29, 0.717) is 0 Å². The van der Waals surface area contributed by atoms with Gasteiger partial charge in [0.25, 0.3) is 0 Å². The van der Waals surface area contributed by atoms with Gasteiger partial charge in [-0.1, -0.05) is 18.2 Å². The highest BCUT2D eigenvalue weighted by atomic mass is 32.2. The number of anilines is 1. The Kier molecular flexibility index (Phi) is 3.67. The third-order valence-electron chi connectivity index (χ3n) is 2.63. The van der Waals surface area contributed by atoms with E-state index in [0.717, 1.165) is 30.0 Å². The molecule has 1 aliphatic rings. The third-order valence-corrected chi connectivity index (χ3v) is 3.68. The molecule has 0 bridgehead atoms. The summed E-state index contributed by atoms with van der Waals surface area (Å²) in [6, 6.07) is 9.68. The largest absolute Gasteiger partial charge is 0.326 e. The van der Waals surface area contributed by atoms with Crippen LogP contribution in [0.1, 0.15) is 12.8 Å². The van der Waals surface area contributed by atoms with Crippen molar-refractivity contribution in [2.75, 3.05) is 16.8 Å². The van der Waals surface area contributed by atoms with E-state index in [9.17, 15) is 4.79 Å². The number of benzene rings is 1. The van der Waals surface area contributed by atoms with Crippen molar-refractivity contribution in [3.05, 3.63) is 30.3 Å². The zero-order valence-electron chi connectivity index (χ0n) is 8.61.